The Kier molecular flexibility index (Phi) is 5.46. The van der Waals surface area contributed by atoms with Crippen LogP contribution in [0.25, 0.3) is 0 Å². The molecule has 0 radical (unpaired) electrons. The minimum atomic E-state index is -0.198. The van der Waals surface area contributed by atoms with Crippen molar-refractivity contribution in [2.45, 2.75) is 19.3 Å². The average molecular weight is 423 g/mol. The molecule has 1 aliphatic rings. The lowest BCUT2D eigenvalue weighted by Gasteiger charge is -2.24. The number of hydrogen-bond donors (Lipinski definition) is 2. The van der Waals surface area contributed by atoms with Gasteiger partial charge in [0.15, 0.2) is 0 Å². The second-order valence-electron chi connectivity index (χ2n) is 7.06. The monoisotopic (exact) mass is 422 g/mol. The summed E-state index contributed by atoms with van der Waals surface area (Å²) in [6, 6.07) is 14.9. The number of fused-ring (bicyclic) bond motifs is 1. The van der Waals surface area contributed by atoms with Crippen LogP contribution in [0.2, 0.25) is 0 Å². The third kappa shape index (κ3) is 3.76. The maximum Gasteiger partial charge on any atom is 0.266 e. The lowest BCUT2D eigenvalue weighted by molar-refractivity contribution is -0.116. The summed E-state index contributed by atoms with van der Waals surface area (Å²) < 4.78 is 10.5. The van der Waals surface area contributed by atoms with E-state index in [2.05, 4.69) is 10.6 Å². The highest BCUT2D eigenvalue weighted by Gasteiger charge is 2.33. The Morgan fingerprint density at radius 3 is 2.53 bits per heavy atom. The Balaban J connectivity index is 1.67. The van der Waals surface area contributed by atoms with Crippen molar-refractivity contribution in [3.8, 4) is 11.5 Å². The third-order valence-electron chi connectivity index (χ3n) is 5.23. The molecule has 1 aromatic heterocycles. The fourth-order valence-corrected chi connectivity index (χ4v) is 4.91. The van der Waals surface area contributed by atoms with E-state index < -0.39 is 0 Å². The van der Waals surface area contributed by atoms with Crippen LogP contribution >= 0.6 is 11.3 Å². The zero-order valence-corrected chi connectivity index (χ0v) is 17.8. The number of ether oxygens (including phenoxy) is 2. The van der Waals surface area contributed by atoms with Gasteiger partial charge in [0.2, 0.25) is 5.91 Å². The number of carbonyl (C=O) groups excluding carboxylic acids is 2. The van der Waals surface area contributed by atoms with Gasteiger partial charge in [0.1, 0.15) is 11.5 Å². The zero-order valence-electron chi connectivity index (χ0n) is 16.9. The maximum absolute atomic E-state index is 13.0. The molecule has 1 atom stereocenters. The van der Waals surface area contributed by atoms with E-state index in [9.17, 15) is 9.59 Å². The first kappa shape index (κ1) is 20.0. The lowest BCUT2D eigenvalue weighted by Crippen LogP contribution is -2.22. The van der Waals surface area contributed by atoms with E-state index in [4.69, 9.17) is 9.47 Å². The van der Waals surface area contributed by atoms with E-state index in [-0.39, 0.29) is 17.7 Å². The van der Waals surface area contributed by atoms with Gasteiger partial charge in [0.05, 0.1) is 24.1 Å². The van der Waals surface area contributed by atoms with Crippen LogP contribution in [0.5, 0.6) is 11.5 Å². The van der Waals surface area contributed by atoms with E-state index in [1.165, 1.54) is 11.3 Å². The Bertz CT molecular complexity index is 1100. The van der Waals surface area contributed by atoms with Gasteiger partial charge in [-0.05, 0) is 60.0 Å². The van der Waals surface area contributed by atoms with E-state index in [0.717, 1.165) is 33.2 Å². The van der Waals surface area contributed by atoms with Crippen molar-refractivity contribution in [3.05, 3.63) is 70.1 Å². The van der Waals surface area contributed by atoms with E-state index in [0.29, 0.717) is 17.0 Å². The van der Waals surface area contributed by atoms with Crippen molar-refractivity contribution in [1.29, 1.82) is 0 Å². The number of anilines is 2. The standard InChI is InChI=1S/C23H22N2O4S/c1-13-20-18(14-5-4-6-17(11-14)29-3)12-19(26)25-23(20)30-21(13)22(27)24-15-7-9-16(28-2)10-8-15/h4-11,18H,12H2,1-3H3,(H,24,27)(H,25,26)/t18-/m1/s1. The number of amides is 2. The van der Waals surface area contributed by atoms with Gasteiger partial charge in [0, 0.05) is 18.0 Å². The molecule has 0 saturated carbocycles. The van der Waals surface area contributed by atoms with Crippen LogP contribution in [0.1, 0.15) is 38.7 Å². The number of hydrogen-bond acceptors (Lipinski definition) is 5. The SMILES string of the molecule is COc1ccc(NC(=O)c2sc3c(c2C)[C@@H](c2cccc(OC)c2)CC(=O)N3)cc1. The molecule has 2 aromatic carbocycles. The van der Waals surface area contributed by atoms with Crippen molar-refractivity contribution >= 4 is 33.8 Å². The normalized spacial score (nSPS) is 15.2. The summed E-state index contributed by atoms with van der Waals surface area (Å²) in [5.74, 6) is 1.09. The molecule has 4 rings (SSSR count). The number of carbonyl (C=O) groups is 2. The number of rotatable bonds is 5. The second-order valence-corrected chi connectivity index (χ2v) is 8.08. The van der Waals surface area contributed by atoms with Gasteiger partial charge in [-0.25, -0.2) is 0 Å². The molecule has 3 aromatic rings. The van der Waals surface area contributed by atoms with Gasteiger partial charge in [-0.3, -0.25) is 9.59 Å². The van der Waals surface area contributed by atoms with E-state index >= 15 is 0 Å². The van der Waals surface area contributed by atoms with Gasteiger partial charge in [-0.1, -0.05) is 12.1 Å². The smallest absolute Gasteiger partial charge is 0.266 e. The molecule has 0 spiro atoms. The first-order valence-corrected chi connectivity index (χ1v) is 10.3. The summed E-state index contributed by atoms with van der Waals surface area (Å²) in [6.07, 6.45) is 0.331. The highest BCUT2D eigenvalue weighted by atomic mass is 32.1. The second kappa shape index (κ2) is 8.20. The first-order valence-electron chi connectivity index (χ1n) is 9.52. The predicted molar refractivity (Wildman–Crippen MR) is 118 cm³/mol. The zero-order chi connectivity index (χ0) is 21.3. The third-order valence-corrected chi connectivity index (χ3v) is 6.46. The topological polar surface area (TPSA) is 76.7 Å². The molecule has 7 heteroatoms. The maximum atomic E-state index is 13.0. The minimum absolute atomic E-state index is 0.0568. The summed E-state index contributed by atoms with van der Waals surface area (Å²) in [7, 11) is 3.22. The van der Waals surface area contributed by atoms with Crippen LogP contribution in [0.15, 0.2) is 48.5 Å². The summed E-state index contributed by atoms with van der Waals surface area (Å²) in [6.45, 7) is 1.93. The predicted octanol–water partition coefficient (Wildman–Crippen LogP) is 4.80. The Morgan fingerprint density at radius 2 is 1.83 bits per heavy atom. The molecule has 0 unspecified atom stereocenters. The van der Waals surface area contributed by atoms with Crippen LogP contribution < -0.4 is 20.1 Å². The van der Waals surface area contributed by atoms with E-state index in [1.807, 2.05) is 31.2 Å². The molecule has 0 aliphatic carbocycles. The average Bonchev–Trinajstić information content (AvgIpc) is 3.10. The highest BCUT2D eigenvalue weighted by Crippen LogP contribution is 2.45. The Labute approximate surface area is 178 Å². The number of methoxy groups -OCH3 is 2. The number of thiophene rings is 1. The van der Waals surface area contributed by atoms with Gasteiger partial charge >= 0.3 is 0 Å². The quantitative estimate of drug-likeness (QED) is 0.619. The summed E-state index contributed by atoms with van der Waals surface area (Å²) >= 11 is 1.31. The molecule has 0 fully saturated rings. The molecule has 2 heterocycles. The molecule has 0 bridgehead atoms. The highest BCUT2D eigenvalue weighted by molar-refractivity contribution is 7.18. The molecule has 0 saturated heterocycles. The van der Waals surface area contributed by atoms with Crippen molar-refractivity contribution in [2.24, 2.45) is 0 Å². The van der Waals surface area contributed by atoms with E-state index in [1.54, 1.807) is 38.5 Å². The van der Waals surface area contributed by atoms with Crippen molar-refractivity contribution in [2.75, 3.05) is 24.9 Å². The van der Waals surface area contributed by atoms with Gasteiger partial charge in [-0.15, -0.1) is 11.3 Å². The van der Waals surface area contributed by atoms with Crippen molar-refractivity contribution in [3.63, 3.8) is 0 Å². The summed E-state index contributed by atoms with van der Waals surface area (Å²) in [5.41, 5.74) is 3.55. The fourth-order valence-electron chi connectivity index (χ4n) is 3.73. The minimum Gasteiger partial charge on any atom is -0.497 e. The van der Waals surface area contributed by atoms with Gasteiger partial charge < -0.3 is 20.1 Å². The molecule has 1 aliphatic heterocycles. The molecule has 154 valence electrons. The van der Waals surface area contributed by atoms with Crippen LogP contribution in [-0.2, 0) is 4.79 Å². The summed E-state index contributed by atoms with van der Waals surface area (Å²) in [5, 5.41) is 6.59. The number of benzene rings is 2. The van der Waals surface area contributed by atoms with Crippen molar-refractivity contribution < 1.29 is 19.1 Å². The molecule has 30 heavy (non-hydrogen) atoms. The largest absolute Gasteiger partial charge is 0.497 e. The Hall–Kier alpha value is -3.32. The van der Waals surface area contributed by atoms with Gasteiger partial charge in [0.25, 0.3) is 5.91 Å². The molecule has 2 amide bonds. The van der Waals surface area contributed by atoms with Crippen LogP contribution in [0.3, 0.4) is 0 Å². The fraction of sp³-hybridized carbons (Fsp3) is 0.217. The first-order chi connectivity index (χ1) is 14.5. The molecular weight excluding hydrogens is 400 g/mol. The number of nitrogens with one attached hydrogen (secondary N) is 2. The van der Waals surface area contributed by atoms with Crippen LogP contribution in [0.4, 0.5) is 10.7 Å². The summed E-state index contributed by atoms with van der Waals surface area (Å²) in [4.78, 5) is 25.9. The molecular formula is C23H22N2O4S. The molecule has 2 N–H and O–H groups in total. The van der Waals surface area contributed by atoms with Crippen molar-refractivity contribution in [1.82, 2.24) is 0 Å². The lowest BCUT2D eigenvalue weighted by atomic mass is 9.85. The molecule has 6 nitrogen and oxygen atoms in total. The van der Waals surface area contributed by atoms with Crippen LogP contribution in [-0.4, -0.2) is 26.0 Å². The van der Waals surface area contributed by atoms with Crippen LogP contribution in [0, 0.1) is 6.92 Å². The van der Waals surface area contributed by atoms with Gasteiger partial charge in [-0.2, -0.15) is 0 Å². The Morgan fingerprint density at radius 1 is 1.10 bits per heavy atom.